The number of carbonyl (C=O) groups is 1. The van der Waals surface area contributed by atoms with Crippen LogP contribution >= 0.6 is 12.2 Å². The number of nitrogens with two attached hydrogens (primary N) is 1. The highest BCUT2D eigenvalue weighted by Crippen LogP contribution is 2.23. The van der Waals surface area contributed by atoms with Crippen molar-refractivity contribution in [2.45, 2.75) is 20.3 Å². The molecule has 1 aromatic heterocycles. The van der Waals surface area contributed by atoms with Crippen LogP contribution in [0, 0.1) is 5.41 Å². The van der Waals surface area contributed by atoms with E-state index in [0.29, 0.717) is 12.4 Å². The zero-order chi connectivity index (χ0) is 12.3. The molecule has 6 nitrogen and oxygen atoms in total. The number of aromatic nitrogens is 3. The number of anilines is 1. The smallest absolute Gasteiger partial charge is 0.239 e. The van der Waals surface area contributed by atoms with Crippen LogP contribution in [0.4, 0.5) is 5.95 Å². The monoisotopic (exact) mass is 241 g/mol. The van der Waals surface area contributed by atoms with Gasteiger partial charge in [0.05, 0.1) is 10.4 Å². The molecule has 88 valence electrons. The van der Waals surface area contributed by atoms with Crippen molar-refractivity contribution in [3.8, 4) is 0 Å². The second kappa shape index (κ2) is 4.56. The Hall–Kier alpha value is -1.50. The Balaban J connectivity index is 2.87. The molecule has 0 aliphatic heterocycles. The first-order valence-electron chi connectivity index (χ1n) is 4.87. The number of nitrogens with zero attached hydrogens (tertiary/aromatic N) is 3. The normalized spacial score (nSPS) is 14.2. The van der Waals surface area contributed by atoms with Gasteiger partial charge in [0.15, 0.2) is 0 Å². The first-order chi connectivity index (χ1) is 7.41. The fourth-order valence-corrected chi connectivity index (χ4v) is 1.33. The van der Waals surface area contributed by atoms with Gasteiger partial charge in [-0.1, -0.05) is 19.1 Å². The Morgan fingerprint density at radius 1 is 1.75 bits per heavy atom. The van der Waals surface area contributed by atoms with E-state index in [1.807, 2.05) is 6.92 Å². The van der Waals surface area contributed by atoms with E-state index in [1.54, 1.807) is 14.0 Å². The van der Waals surface area contributed by atoms with E-state index in [4.69, 9.17) is 18.0 Å². The van der Waals surface area contributed by atoms with Gasteiger partial charge >= 0.3 is 0 Å². The predicted molar refractivity (Wildman–Crippen MR) is 64.8 cm³/mol. The van der Waals surface area contributed by atoms with Gasteiger partial charge in [-0.05, 0) is 13.3 Å². The van der Waals surface area contributed by atoms with Crippen molar-refractivity contribution >= 4 is 29.1 Å². The lowest BCUT2D eigenvalue weighted by molar-refractivity contribution is -0.121. The zero-order valence-electron chi connectivity index (χ0n) is 9.52. The van der Waals surface area contributed by atoms with Gasteiger partial charge < -0.3 is 5.73 Å². The molecule has 0 fully saturated rings. The van der Waals surface area contributed by atoms with Crippen molar-refractivity contribution in [1.82, 2.24) is 14.8 Å². The van der Waals surface area contributed by atoms with E-state index >= 15 is 0 Å². The molecule has 0 aliphatic carbocycles. The molecule has 0 radical (unpaired) electrons. The van der Waals surface area contributed by atoms with Gasteiger partial charge in [-0.2, -0.15) is 10.1 Å². The fourth-order valence-electron chi connectivity index (χ4n) is 1.10. The third-order valence-corrected chi connectivity index (χ3v) is 3.14. The number of carbonyl (C=O) groups excluding carboxylic acids is 1. The van der Waals surface area contributed by atoms with Crippen LogP contribution in [0.5, 0.6) is 0 Å². The molecule has 0 aromatic carbocycles. The summed E-state index contributed by atoms with van der Waals surface area (Å²) in [7, 11) is 1.69. The minimum atomic E-state index is -0.860. The highest BCUT2D eigenvalue weighted by molar-refractivity contribution is 7.80. The Morgan fingerprint density at radius 2 is 2.38 bits per heavy atom. The third-order valence-electron chi connectivity index (χ3n) is 2.69. The molecule has 1 rings (SSSR count). The second-order valence-electron chi connectivity index (χ2n) is 3.71. The standard InChI is InChI=1S/C9H15N5OS/c1-4-9(2,6(10)16)7(15)13-8-11-5-12-14(8)3/h5H,4H2,1-3H3,(H2,10,16)(H,11,12,13,15). The zero-order valence-corrected chi connectivity index (χ0v) is 10.3. The number of hydrogen-bond acceptors (Lipinski definition) is 4. The molecule has 1 atom stereocenters. The first-order valence-corrected chi connectivity index (χ1v) is 5.28. The summed E-state index contributed by atoms with van der Waals surface area (Å²) in [4.78, 5) is 16.1. The van der Waals surface area contributed by atoms with Crippen molar-refractivity contribution in [3.05, 3.63) is 6.33 Å². The Labute approximate surface area is 99.2 Å². The molecule has 3 N–H and O–H groups in total. The highest BCUT2D eigenvalue weighted by atomic mass is 32.1. The number of hydrogen-bond donors (Lipinski definition) is 2. The van der Waals surface area contributed by atoms with Crippen molar-refractivity contribution in [2.24, 2.45) is 18.2 Å². The number of amides is 1. The summed E-state index contributed by atoms with van der Waals surface area (Å²) in [5.41, 5.74) is 4.72. The molecule has 0 saturated carbocycles. The van der Waals surface area contributed by atoms with E-state index < -0.39 is 5.41 Å². The topological polar surface area (TPSA) is 85.8 Å². The van der Waals surface area contributed by atoms with E-state index in [0.717, 1.165) is 0 Å². The van der Waals surface area contributed by atoms with Crippen LogP contribution in [-0.4, -0.2) is 25.7 Å². The van der Waals surface area contributed by atoms with Crippen molar-refractivity contribution in [2.75, 3.05) is 5.32 Å². The summed E-state index contributed by atoms with van der Waals surface area (Å²) in [6, 6.07) is 0. The highest BCUT2D eigenvalue weighted by Gasteiger charge is 2.35. The minimum Gasteiger partial charge on any atom is -0.392 e. The average molecular weight is 241 g/mol. The van der Waals surface area contributed by atoms with Gasteiger partial charge in [-0.3, -0.25) is 10.1 Å². The molecular formula is C9H15N5OS. The van der Waals surface area contributed by atoms with Crippen LogP contribution in [0.1, 0.15) is 20.3 Å². The van der Waals surface area contributed by atoms with Gasteiger partial charge in [0.25, 0.3) is 0 Å². The van der Waals surface area contributed by atoms with E-state index in [2.05, 4.69) is 15.4 Å². The van der Waals surface area contributed by atoms with Gasteiger partial charge in [-0.15, -0.1) is 0 Å². The summed E-state index contributed by atoms with van der Waals surface area (Å²) >= 11 is 4.91. The van der Waals surface area contributed by atoms with Crippen LogP contribution in [0.3, 0.4) is 0 Å². The van der Waals surface area contributed by atoms with Crippen molar-refractivity contribution < 1.29 is 4.79 Å². The molecule has 0 spiro atoms. The van der Waals surface area contributed by atoms with Crippen LogP contribution in [0.2, 0.25) is 0 Å². The molecule has 1 aromatic rings. The van der Waals surface area contributed by atoms with Crippen LogP contribution < -0.4 is 11.1 Å². The summed E-state index contributed by atoms with van der Waals surface area (Å²) in [5.74, 6) is 0.111. The van der Waals surface area contributed by atoms with Gasteiger partial charge in [0.1, 0.15) is 6.33 Å². The molecule has 0 saturated heterocycles. The van der Waals surface area contributed by atoms with Crippen LogP contribution in [0.25, 0.3) is 0 Å². The number of thiocarbonyl (C=S) groups is 1. The molecule has 1 heterocycles. The van der Waals surface area contributed by atoms with Crippen molar-refractivity contribution in [3.63, 3.8) is 0 Å². The first kappa shape index (κ1) is 12.6. The summed E-state index contributed by atoms with van der Waals surface area (Å²) in [6.07, 6.45) is 1.89. The van der Waals surface area contributed by atoms with E-state index in [1.165, 1.54) is 11.0 Å². The van der Waals surface area contributed by atoms with E-state index in [-0.39, 0.29) is 10.9 Å². The summed E-state index contributed by atoms with van der Waals surface area (Å²) in [6.45, 7) is 3.57. The van der Waals surface area contributed by atoms with Crippen molar-refractivity contribution in [1.29, 1.82) is 0 Å². The molecule has 7 heteroatoms. The third kappa shape index (κ3) is 2.19. The van der Waals surface area contributed by atoms with Crippen LogP contribution in [0.15, 0.2) is 6.33 Å². The largest absolute Gasteiger partial charge is 0.392 e. The average Bonchev–Trinajstić information content (AvgIpc) is 2.62. The lowest BCUT2D eigenvalue weighted by Crippen LogP contribution is -2.43. The van der Waals surface area contributed by atoms with Crippen LogP contribution in [-0.2, 0) is 11.8 Å². The quantitative estimate of drug-likeness (QED) is 0.748. The van der Waals surface area contributed by atoms with Gasteiger partial charge in [-0.25, -0.2) is 4.68 Å². The summed E-state index contributed by atoms with van der Waals surface area (Å²) in [5, 5.41) is 6.50. The summed E-state index contributed by atoms with van der Waals surface area (Å²) < 4.78 is 1.47. The Morgan fingerprint density at radius 3 is 2.75 bits per heavy atom. The predicted octanol–water partition coefficient (Wildman–Crippen LogP) is 0.456. The number of aryl methyl sites for hydroxylation is 1. The Kier molecular flexibility index (Phi) is 3.58. The van der Waals surface area contributed by atoms with E-state index in [9.17, 15) is 4.79 Å². The molecule has 1 unspecified atom stereocenters. The number of nitrogens with one attached hydrogen (secondary N) is 1. The fraction of sp³-hybridized carbons (Fsp3) is 0.556. The molecule has 1 amide bonds. The maximum atomic E-state index is 12.0. The molecule has 0 bridgehead atoms. The molecule has 0 aliphatic rings. The van der Waals surface area contributed by atoms with Gasteiger partial charge in [0.2, 0.25) is 11.9 Å². The van der Waals surface area contributed by atoms with Gasteiger partial charge in [0, 0.05) is 7.05 Å². The molecular weight excluding hydrogens is 226 g/mol. The maximum Gasteiger partial charge on any atom is 0.239 e. The minimum absolute atomic E-state index is 0.176. The Bertz CT molecular complexity index is 416. The lowest BCUT2D eigenvalue weighted by atomic mass is 9.86. The second-order valence-corrected chi connectivity index (χ2v) is 4.15. The maximum absolute atomic E-state index is 12.0. The number of rotatable bonds is 4. The lowest BCUT2D eigenvalue weighted by Gasteiger charge is -2.24. The molecule has 16 heavy (non-hydrogen) atoms. The SMILES string of the molecule is CCC(C)(C(=O)Nc1ncnn1C)C(N)=S.